The van der Waals surface area contributed by atoms with Crippen molar-refractivity contribution in [3.8, 4) is 11.8 Å². The van der Waals surface area contributed by atoms with Crippen LogP contribution in [-0.2, 0) is 11.8 Å². The molecule has 4 nitrogen and oxygen atoms in total. The van der Waals surface area contributed by atoms with E-state index in [2.05, 4.69) is 22.3 Å². The van der Waals surface area contributed by atoms with Gasteiger partial charge in [-0.25, -0.2) is 0 Å². The molecule has 102 valence electrons. The van der Waals surface area contributed by atoms with Crippen molar-refractivity contribution in [2.24, 2.45) is 7.05 Å². The number of hydrogen-bond acceptors (Lipinski definition) is 2. The molecule has 2 rings (SSSR count). The van der Waals surface area contributed by atoms with Crippen molar-refractivity contribution in [1.82, 2.24) is 9.78 Å². The summed E-state index contributed by atoms with van der Waals surface area (Å²) >= 11 is 0. The van der Waals surface area contributed by atoms with Crippen molar-refractivity contribution in [2.75, 3.05) is 5.32 Å². The molecule has 4 heteroatoms. The van der Waals surface area contributed by atoms with Gasteiger partial charge in [0.1, 0.15) is 5.82 Å². The van der Waals surface area contributed by atoms with Gasteiger partial charge in [0.2, 0.25) is 5.91 Å². The molecule has 0 saturated heterocycles. The number of hydrogen-bond donors (Lipinski definition) is 1. The van der Waals surface area contributed by atoms with Gasteiger partial charge < -0.3 is 5.32 Å². The minimum Gasteiger partial charge on any atom is -0.310 e. The Balaban J connectivity index is 2.45. The summed E-state index contributed by atoms with van der Waals surface area (Å²) in [6.07, 6.45) is 0. The second-order valence-corrected chi connectivity index (χ2v) is 4.68. The summed E-state index contributed by atoms with van der Waals surface area (Å²) in [7, 11) is 1.79. The van der Waals surface area contributed by atoms with Crippen LogP contribution in [0.25, 0.3) is 0 Å². The lowest BCUT2D eigenvalue weighted by Crippen LogP contribution is -2.10. The molecule has 1 aromatic heterocycles. The Morgan fingerprint density at radius 1 is 1.25 bits per heavy atom. The van der Waals surface area contributed by atoms with Crippen LogP contribution < -0.4 is 5.32 Å². The maximum atomic E-state index is 11.3. The molecule has 0 saturated carbocycles. The fourth-order valence-electron chi connectivity index (χ4n) is 1.96. The molecule has 0 unspecified atom stereocenters. The SMILES string of the molecule is CC(=O)Nc1c(C#Cc2ccccc2C)c(C)nn1C. The van der Waals surface area contributed by atoms with Crippen molar-refractivity contribution in [3.05, 3.63) is 46.6 Å². The van der Waals surface area contributed by atoms with Gasteiger partial charge >= 0.3 is 0 Å². The molecule has 0 aliphatic heterocycles. The van der Waals surface area contributed by atoms with Crippen molar-refractivity contribution < 1.29 is 4.79 Å². The van der Waals surface area contributed by atoms with E-state index in [-0.39, 0.29) is 5.91 Å². The smallest absolute Gasteiger partial charge is 0.222 e. The maximum Gasteiger partial charge on any atom is 0.222 e. The number of aryl methyl sites for hydroxylation is 3. The summed E-state index contributed by atoms with van der Waals surface area (Å²) in [4.78, 5) is 11.3. The quantitative estimate of drug-likeness (QED) is 0.806. The van der Waals surface area contributed by atoms with Crippen LogP contribution in [0.4, 0.5) is 5.82 Å². The predicted octanol–water partition coefficient (Wildman–Crippen LogP) is 2.40. The lowest BCUT2D eigenvalue weighted by Gasteiger charge is -2.02. The number of carbonyl (C=O) groups is 1. The van der Waals surface area contributed by atoms with Gasteiger partial charge in [-0.3, -0.25) is 9.48 Å². The summed E-state index contributed by atoms with van der Waals surface area (Å²) in [5.74, 6) is 6.76. The van der Waals surface area contributed by atoms with E-state index in [0.717, 1.165) is 22.4 Å². The van der Waals surface area contributed by atoms with Crippen LogP contribution in [0.5, 0.6) is 0 Å². The fourth-order valence-corrected chi connectivity index (χ4v) is 1.96. The Morgan fingerprint density at radius 3 is 2.60 bits per heavy atom. The van der Waals surface area contributed by atoms with Crippen LogP contribution >= 0.6 is 0 Å². The summed E-state index contributed by atoms with van der Waals surface area (Å²) in [5, 5.41) is 7.07. The molecule has 0 fully saturated rings. The van der Waals surface area contributed by atoms with Gasteiger partial charge in [-0.1, -0.05) is 30.0 Å². The maximum absolute atomic E-state index is 11.3. The van der Waals surface area contributed by atoms with Crippen LogP contribution in [0.1, 0.15) is 29.3 Å². The second kappa shape index (κ2) is 5.62. The number of nitrogens with one attached hydrogen (secondary N) is 1. The zero-order valence-electron chi connectivity index (χ0n) is 12.1. The lowest BCUT2D eigenvalue weighted by atomic mass is 10.1. The Labute approximate surface area is 118 Å². The van der Waals surface area contributed by atoms with Crippen molar-refractivity contribution >= 4 is 11.7 Å². The molecular formula is C16H17N3O. The highest BCUT2D eigenvalue weighted by Crippen LogP contribution is 2.17. The van der Waals surface area contributed by atoms with Crippen molar-refractivity contribution in [1.29, 1.82) is 0 Å². The Morgan fingerprint density at radius 2 is 1.95 bits per heavy atom. The number of nitrogens with zero attached hydrogens (tertiary/aromatic N) is 2. The minimum absolute atomic E-state index is 0.132. The minimum atomic E-state index is -0.132. The molecule has 1 aromatic carbocycles. The van der Waals surface area contributed by atoms with Crippen LogP contribution in [0, 0.1) is 25.7 Å². The molecule has 0 bridgehead atoms. The molecule has 20 heavy (non-hydrogen) atoms. The first-order chi connectivity index (χ1) is 9.49. The average Bonchev–Trinajstić information content (AvgIpc) is 2.63. The molecule has 0 spiro atoms. The van der Waals surface area contributed by atoms with E-state index >= 15 is 0 Å². The normalized spacial score (nSPS) is 9.80. The third kappa shape index (κ3) is 2.89. The van der Waals surface area contributed by atoms with Crippen LogP contribution in [0.3, 0.4) is 0 Å². The lowest BCUT2D eigenvalue weighted by molar-refractivity contribution is -0.114. The molecular weight excluding hydrogens is 250 g/mol. The van der Waals surface area contributed by atoms with E-state index in [4.69, 9.17) is 0 Å². The van der Waals surface area contributed by atoms with E-state index in [1.165, 1.54) is 6.92 Å². The third-order valence-corrected chi connectivity index (χ3v) is 2.98. The third-order valence-electron chi connectivity index (χ3n) is 2.98. The zero-order chi connectivity index (χ0) is 14.7. The van der Waals surface area contributed by atoms with E-state index in [0.29, 0.717) is 5.82 Å². The van der Waals surface area contributed by atoms with Gasteiger partial charge in [0.25, 0.3) is 0 Å². The van der Waals surface area contributed by atoms with Gasteiger partial charge in [-0.2, -0.15) is 5.10 Å². The highest BCUT2D eigenvalue weighted by molar-refractivity contribution is 5.89. The number of benzene rings is 1. The Bertz CT molecular complexity index is 717. The van der Waals surface area contributed by atoms with Gasteiger partial charge in [0, 0.05) is 19.5 Å². The molecule has 1 amide bonds. The average molecular weight is 267 g/mol. The summed E-state index contributed by atoms with van der Waals surface area (Å²) < 4.78 is 1.64. The fraction of sp³-hybridized carbons (Fsp3) is 0.250. The topological polar surface area (TPSA) is 46.9 Å². The van der Waals surface area contributed by atoms with Crippen LogP contribution in [0.2, 0.25) is 0 Å². The van der Waals surface area contributed by atoms with Gasteiger partial charge in [-0.15, -0.1) is 0 Å². The summed E-state index contributed by atoms with van der Waals surface area (Å²) in [6.45, 7) is 5.38. The number of anilines is 1. The van der Waals surface area contributed by atoms with Gasteiger partial charge in [0.15, 0.2) is 0 Å². The summed E-state index contributed by atoms with van der Waals surface area (Å²) in [6, 6.07) is 7.95. The van der Waals surface area contributed by atoms with E-state index in [1.54, 1.807) is 11.7 Å². The first kappa shape index (κ1) is 13.9. The predicted molar refractivity (Wildman–Crippen MR) is 79.4 cm³/mol. The van der Waals surface area contributed by atoms with E-state index < -0.39 is 0 Å². The molecule has 0 atom stereocenters. The number of carbonyl (C=O) groups excluding carboxylic acids is 1. The first-order valence-corrected chi connectivity index (χ1v) is 6.38. The Hall–Kier alpha value is -2.54. The van der Waals surface area contributed by atoms with Gasteiger partial charge in [0.05, 0.1) is 11.3 Å². The molecule has 1 heterocycles. The number of amides is 1. The van der Waals surface area contributed by atoms with Crippen molar-refractivity contribution in [3.63, 3.8) is 0 Å². The monoisotopic (exact) mass is 267 g/mol. The van der Waals surface area contributed by atoms with Gasteiger partial charge in [-0.05, 0) is 25.5 Å². The van der Waals surface area contributed by atoms with E-state index in [1.807, 2.05) is 38.1 Å². The second-order valence-electron chi connectivity index (χ2n) is 4.68. The zero-order valence-corrected chi connectivity index (χ0v) is 12.1. The van der Waals surface area contributed by atoms with Crippen LogP contribution in [-0.4, -0.2) is 15.7 Å². The highest BCUT2D eigenvalue weighted by Gasteiger charge is 2.12. The van der Waals surface area contributed by atoms with Crippen LogP contribution in [0.15, 0.2) is 24.3 Å². The summed E-state index contributed by atoms with van der Waals surface area (Å²) in [5.41, 5.74) is 3.66. The molecule has 0 aliphatic rings. The molecule has 0 radical (unpaired) electrons. The highest BCUT2D eigenvalue weighted by atomic mass is 16.1. The molecule has 2 aromatic rings. The molecule has 0 aliphatic carbocycles. The van der Waals surface area contributed by atoms with Crippen molar-refractivity contribution in [2.45, 2.75) is 20.8 Å². The van der Waals surface area contributed by atoms with E-state index in [9.17, 15) is 4.79 Å². The largest absolute Gasteiger partial charge is 0.310 e. The first-order valence-electron chi connectivity index (χ1n) is 6.38. The number of rotatable bonds is 1. The standard InChI is InChI=1S/C16H17N3O/c1-11-7-5-6-8-14(11)9-10-15-12(2)18-19(4)16(15)17-13(3)20/h5-8H,1-4H3,(H,17,20). The molecule has 1 N–H and O–H groups in total. The number of aromatic nitrogens is 2. The Kier molecular flexibility index (Phi) is 3.90.